The van der Waals surface area contributed by atoms with Crippen molar-refractivity contribution in [2.75, 3.05) is 43.6 Å². The van der Waals surface area contributed by atoms with Gasteiger partial charge in [-0.25, -0.2) is 9.37 Å². The molecule has 0 spiro atoms. The van der Waals surface area contributed by atoms with Crippen LogP contribution in [0.1, 0.15) is 42.6 Å². The molecule has 2 aliphatic rings. The highest BCUT2D eigenvalue weighted by atomic mass is 19.4. The first-order valence-electron chi connectivity index (χ1n) is 13.9. The van der Waals surface area contributed by atoms with Crippen molar-refractivity contribution in [3.63, 3.8) is 0 Å². The maximum atomic E-state index is 15.8. The number of anilines is 2. The van der Waals surface area contributed by atoms with Gasteiger partial charge in [-0.15, -0.1) is 0 Å². The van der Waals surface area contributed by atoms with Crippen LogP contribution in [0.3, 0.4) is 0 Å². The summed E-state index contributed by atoms with van der Waals surface area (Å²) in [5.41, 5.74) is -2.63. The number of carbonyl (C=O) groups is 1. The number of ether oxygens (including phenoxy) is 2. The Labute approximate surface area is 245 Å². The van der Waals surface area contributed by atoms with E-state index < -0.39 is 34.6 Å². The first kappa shape index (κ1) is 30.4. The number of H-pyrrole nitrogens is 1. The van der Waals surface area contributed by atoms with Gasteiger partial charge in [0.05, 0.1) is 41.4 Å². The number of aromatic amines is 1. The molecule has 2 atom stereocenters. The van der Waals surface area contributed by atoms with Crippen molar-refractivity contribution in [3.8, 4) is 17.3 Å². The molecular weight excluding hydrogens is 572 g/mol. The number of nitrogens with zero attached hydrogens (tertiary/aromatic N) is 4. The first-order valence-corrected chi connectivity index (χ1v) is 13.9. The van der Waals surface area contributed by atoms with Crippen LogP contribution in [0.2, 0.25) is 0 Å². The molecule has 230 valence electrons. The summed E-state index contributed by atoms with van der Waals surface area (Å²) in [6.45, 7) is 6.04. The smallest absolute Gasteiger partial charge is 0.417 e. The van der Waals surface area contributed by atoms with Crippen LogP contribution in [0, 0.1) is 5.82 Å². The molecule has 2 saturated heterocycles. The van der Waals surface area contributed by atoms with Gasteiger partial charge in [-0.1, -0.05) is 0 Å². The fourth-order valence-electron chi connectivity index (χ4n) is 5.30. The van der Waals surface area contributed by atoms with Gasteiger partial charge in [0.2, 0.25) is 5.56 Å². The van der Waals surface area contributed by atoms with E-state index in [1.807, 2.05) is 25.8 Å². The van der Waals surface area contributed by atoms with E-state index in [0.29, 0.717) is 50.9 Å². The van der Waals surface area contributed by atoms with Crippen molar-refractivity contribution in [2.24, 2.45) is 0 Å². The van der Waals surface area contributed by atoms with Crippen LogP contribution < -0.4 is 20.5 Å². The van der Waals surface area contributed by atoms with Gasteiger partial charge < -0.3 is 24.7 Å². The highest BCUT2D eigenvalue weighted by Gasteiger charge is 2.36. The molecule has 0 saturated carbocycles. The van der Waals surface area contributed by atoms with Gasteiger partial charge >= 0.3 is 12.2 Å². The molecular formula is C29H32F4N6O4. The summed E-state index contributed by atoms with van der Waals surface area (Å²) < 4.78 is 68.2. The number of amides is 1. The monoisotopic (exact) mass is 604 g/mol. The summed E-state index contributed by atoms with van der Waals surface area (Å²) in [6.07, 6.45) is -1.68. The van der Waals surface area contributed by atoms with Gasteiger partial charge in [-0.05, 0) is 39.1 Å². The number of alkyl halides is 3. The Morgan fingerprint density at radius 3 is 2.51 bits per heavy atom. The molecule has 1 amide bonds. The largest absolute Gasteiger partial charge is 0.460 e. The van der Waals surface area contributed by atoms with Crippen molar-refractivity contribution in [2.45, 2.75) is 51.1 Å². The third-order valence-corrected chi connectivity index (χ3v) is 7.86. The Morgan fingerprint density at radius 1 is 1.14 bits per heavy atom. The number of rotatable bonds is 6. The molecule has 14 heteroatoms. The fourth-order valence-corrected chi connectivity index (χ4v) is 5.30. The summed E-state index contributed by atoms with van der Waals surface area (Å²) in [7, 11) is 1.98. The van der Waals surface area contributed by atoms with Gasteiger partial charge in [0.25, 0.3) is 5.91 Å². The van der Waals surface area contributed by atoms with Crippen molar-refractivity contribution in [1.29, 1.82) is 0 Å². The van der Waals surface area contributed by atoms with Crippen LogP contribution in [0.15, 0.2) is 41.5 Å². The molecule has 0 bridgehead atoms. The lowest BCUT2D eigenvalue weighted by Gasteiger charge is -2.44. The maximum absolute atomic E-state index is 15.8. The molecule has 2 aromatic heterocycles. The van der Waals surface area contributed by atoms with E-state index >= 15 is 4.39 Å². The zero-order chi connectivity index (χ0) is 30.9. The van der Waals surface area contributed by atoms with E-state index in [1.54, 1.807) is 0 Å². The van der Waals surface area contributed by atoms with Crippen molar-refractivity contribution in [1.82, 2.24) is 19.9 Å². The van der Waals surface area contributed by atoms with Gasteiger partial charge in [0.15, 0.2) is 0 Å². The molecule has 4 heterocycles. The van der Waals surface area contributed by atoms with Crippen molar-refractivity contribution < 1.29 is 31.8 Å². The number of likely N-dealkylation sites (N-methyl/N-ethyl adjacent to an activating group) is 1. The minimum atomic E-state index is -4.96. The number of benzene rings is 1. The average Bonchev–Trinajstić information content (AvgIpc) is 2.96. The summed E-state index contributed by atoms with van der Waals surface area (Å²) in [5.74, 6) is -1.77. The average molecular weight is 605 g/mol. The van der Waals surface area contributed by atoms with Crippen LogP contribution in [0.5, 0.6) is 6.01 Å². The third-order valence-electron chi connectivity index (χ3n) is 7.86. The van der Waals surface area contributed by atoms with E-state index in [2.05, 4.69) is 25.2 Å². The Kier molecular flexibility index (Phi) is 8.69. The van der Waals surface area contributed by atoms with E-state index in [9.17, 15) is 22.8 Å². The van der Waals surface area contributed by atoms with Gasteiger partial charge in [0, 0.05) is 62.0 Å². The number of hydrogen-bond donors (Lipinski definition) is 2. The Morgan fingerprint density at radius 2 is 1.84 bits per heavy atom. The molecule has 43 heavy (non-hydrogen) atoms. The first-order chi connectivity index (χ1) is 20.4. The normalized spacial score (nSPS) is 20.2. The fraction of sp³-hybridized carbons (Fsp3) is 0.448. The lowest BCUT2D eigenvalue weighted by atomic mass is 10.0. The zero-order valence-corrected chi connectivity index (χ0v) is 23.9. The molecule has 0 radical (unpaired) electrons. The molecule has 10 nitrogen and oxygen atoms in total. The summed E-state index contributed by atoms with van der Waals surface area (Å²) in [5, 5.41) is 2.54. The van der Waals surface area contributed by atoms with Gasteiger partial charge in [-0.2, -0.15) is 18.2 Å². The van der Waals surface area contributed by atoms with Gasteiger partial charge in [-0.3, -0.25) is 14.5 Å². The minimum absolute atomic E-state index is 0.00832. The number of aromatic nitrogens is 3. The molecule has 2 unspecified atom stereocenters. The van der Waals surface area contributed by atoms with E-state index in [0.717, 1.165) is 6.20 Å². The topological polar surface area (TPSA) is 113 Å². The number of piperazine rings is 1. The summed E-state index contributed by atoms with van der Waals surface area (Å²) in [6, 6.07) is 4.57. The molecule has 5 rings (SSSR count). The summed E-state index contributed by atoms with van der Waals surface area (Å²) >= 11 is 0. The van der Waals surface area contributed by atoms with Crippen LogP contribution in [-0.2, 0) is 10.9 Å². The van der Waals surface area contributed by atoms with Crippen LogP contribution in [0.4, 0.5) is 28.9 Å². The third kappa shape index (κ3) is 6.80. The minimum Gasteiger partial charge on any atom is -0.460 e. The molecule has 2 N–H and O–H groups in total. The van der Waals surface area contributed by atoms with Crippen LogP contribution >= 0.6 is 0 Å². The van der Waals surface area contributed by atoms with E-state index in [4.69, 9.17) is 9.47 Å². The highest BCUT2D eigenvalue weighted by molar-refractivity contribution is 6.07. The molecule has 2 fully saturated rings. The Hall–Kier alpha value is -4.04. The van der Waals surface area contributed by atoms with Crippen molar-refractivity contribution in [3.05, 3.63) is 64.0 Å². The quantitative estimate of drug-likeness (QED) is 0.400. The number of halogens is 4. The Bertz CT molecular complexity index is 1530. The molecule has 0 aliphatic carbocycles. The number of pyridine rings is 1. The van der Waals surface area contributed by atoms with Crippen LogP contribution in [0.25, 0.3) is 11.3 Å². The number of nitrogens with one attached hydrogen (secondary N) is 2. The van der Waals surface area contributed by atoms with E-state index in [-0.39, 0.29) is 41.1 Å². The maximum Gasteiger partial charge on any atom is 0.417 e. The highest BCUT2D eigenvalue weighted by Crippen LogP contribution is 2.37. The predicted molar refractivity (Wildman–Crippen MR) is 151 cm³/mol. The zero-order valence-electron chi connectivity index (χ0n) is 23.9. The standard InChI is InChI=1S/C29H32F4N6O4/c1-16-14-39(15-17(2)38(16)3)25-12-22(30)19(23-4-7-34-28(37-23)43-18-5-8-42-9-6-18)10-24(25)36-27(41)20-13-35-26(40)11-21(20)29(31,32)33/h4,7,10-13,16-18H,5-6,8-9,14-15H2,1-3H3,(H,35,40)(H,36,41). The lowest BCUT2D eigenvalue weighted by Crippen LogP contribution is -2.55. The number of hydrogen-bond acceptors (Lipinski definition) is 8. The van der Waals surface area contributed by atoms with E-state index in [1.165, 1.54) is 24.4 Å². The Balaban J connectivity index is 1.55. The lowest BCUT2D eigenvalue weighted by molar-refractivity contribution is -0.138. The second-order valence-corrected chi connectivity index (χ2v) is 10.8. The molecule has 1 aromatic carbocycles. The predicted octanol–water partition coefficient (Wildman–Crippen LogP) is 4.33. The SMILES string of the molecule is CC1CN(c2cc(F)c(-c3ccnc(OC4CCOCC4)n3)cc2NC(=O)c2c[nH]c(=O)cc2C(F)(F)F)CC(C)N1C. The van der Waals surface area contributed by atoms with Crippen LogP contribution in [-0.4, -0.2) is 77.3 Å². The summed E-state index contributed by atoms with van der Waals surface area (Å²) in [4.78, 5) is 39.6. The van der Waals surface area contributed by atoms with Gasteiger partial charge in [0.1, 0.15) is 11.9 Å². The molecule has 3 aromatic rings. The number of carbonyl (C=O) groups excluding carboxylic acids is 1. The second-order valence-electron chi connectivity index (χ2n) is 10.8. The molecule has 2 aliphatic heterocycles. The van der Waals surface area contributed by atoms with Crippen molar-refractivity contribution >= 4 is 17.3 Å². The second kappa shape index (κ2) is 12.3.